The van der Waals surface area contributed by atoms with Gasteiger partial charge >= 0.3 is 0 Å². The van der Waals surface area contributed by atoms with Crippen molar-refractivity contribution in [2.45, 2.75) is 38.5 Å². The lowest BCUT2D eigenvalue weighted by Crippen LogP contribution is -2.16. The second-order valence-electron chi connectivity index (χ2n) is 22.5. The molecule has 0 atom stereocenters. The maximum atomic E-state index is 6.66. The van der Waals surface area contributed by atoms with Crippen LogP contribution in [0.4, 0.5) is 34.1 Å². The highest BCUT2D eigenvalue weighted by molar-refractivity contribution is 5.97. The van der Waals surface area contributed by atoms with E-state index in [1.807, 2.05) is 0 Å². The number of anilines is 6. The van der Waals surface area contributed by atoms with Crippen LogP contribution in [0.1, 0.15) is 49.9 Å². The Labute approximate surface area is 467 Å². The molecule has 15 rings (SSSR count). The monoisotopic (exact) mass is 1030 g/mol. The first-order valence-corrected chi connectivity index (χ1v) is 27.7. The maximum absolute atomic E-state index is 6.66. The van der Waals surface area contributed by atoms with Crippen LogP contribution in [0.3, 0.4) is 0 Å². The number of rotatable bonds is 10. The van der Waals surface area contributed by atoms with Crippen molar-refractivity contribution in [3.63, 3.8) is 0 Å². The number of fused-ring (bicyclic) bond motifs is 8. The Kier molecular flexibility index (Phi) is 10.9. The fourth-order valence-electron chi connectivity index (χ4n) is 12.8. The molecule has 382 valence electrons. The number of benzene rings is 11. The summed E-state index contributed by atoms with van der Waals surface area (Å²) >= 11 is 0. The van der Waals surface area contributed by atoms with E-state index in [4.69, 9.17) is 8.83 Å². The number of furan rings is 2. The molecule has 0 amide bonds. The van der Waals surface area contributed by atoms with E-state index in [-0.39, 0.29) is 10.8 Å². The van der Waals surface area contributed by atoms with Crippen LogP contribution in [-0.2, 0) is 10.8 Å². The average Bonchev–Trinajstić information content (AvgIpc) is 4.25. The van der Waals surface area contributed by atoms with E-state index >= 15 is 0 Å². The molecular weight excluding hydrogens is 973 g/mol. The summed E-state index contributed by atoms with van der Waals surface area (Å²) in [7, 11) is 0. The van der Waals surface area contributed by atoms with Gasteiger partial charge in [-0.15, -0.1) is 0 Å². The van der Waals surface area contributed by atoms with Gasteiger partial charge in [-0.2, -0.15) is 0 Å². The highest BCUT2D eigenvalue weighted by Gasteiger charge is 2.37. The van der Waals surface area contributed by atoms with Crippen LogP contribution in [0.25, 0.3) is 89.1 Å². The zero-order chi connectivity index (χ0) is 53.7. The van der Waals surface area contributed by atoms with E-state index in [1.54, 1.807) is 0 Å². The Morgan fingerprint density at radius 2 is 0.550 bits per heavy atom. The minimum Gasteiger partial charge on any atom is -0.456 e. The number of hydrogen-bond donors (Lipinski definition) is 0. The Hall–Kier alpha value is -9.90. The Balaban J connectivity index is 0.727. The van der Waals surface area contributed by atoms with E-state index in [1.165, 1.54) is 66.8 Å². The summed E-state index contributed by atoms with van der Waals surface area (Å²) in [5.74, 6) is 1.61. The number of hydrogen-bond acceptors (Lipinski definition) is 4. The topological polar surface area (TPSA) is 32.8 Å². The predicted molar refractivity (Wildman–Crippen MR) is 332 cm³/mol. The first kappa shape index (κ1) is 47.3. The van der Waals surface area contributed by atoms with Gasteiger partial charge in [0.05, 0.1) is 0 Å². The lowest BCUT2D eigenvalue weighted by atomic mass is 9.82. The van der Waals surface area contributed by atoms with E-state index in [0.29, 0.717) is 0 Å². The molecule has 0 unspecified atom stereocenters. The van der Waals surface area contributed by atoms with E-state index in [2.05, 4.69) is 304 Å². The largest absolute Gasteiger partial charge is 0.456 e. The molecule has 0 bridgehead atoms. The third-order valence-corrected chi connectivity index (χ3v) is 17.1. The van der Waals surface area contributed by atoms with Crippen molar-refractivity contribution >= 4 is 56.1 Å². The summed E-state index contributed by atoms with van der Waals surface area (Å²) in [6.07, 6.45) is 0. The quantitative estimate of drug-likeness (QED) is 0.137. The van der Waals surface area contributed by atoms with Gasteiger partial charge < -0.3 is 18.6 Å². The van der Waals surface area contributed by atoms with Crippen molar-refractivity contribution in [1.82, 2.24) is 0 Å². The molecule has 80 heavy (non-hydrogen) atoms. The fraction of sp³-hybridized carbons (Fsp3) is 0.0789. The van der Waals surface area contributed by atoms with Crippen LogP contribution in [-0.4, -0.2) is 0 Å². The molecule has 0 N–H and O–H groups in total. The van der Waals surface area contributed by atoms with Crippen molar-refractivity contribution in [3.05, 3.63) is 289 Å². The standard InChI is InChI=1S/C76H56N2O2/c1-75(2)67-21-13-11-19-63(67)65-41-39-61(47-69(65)75)77(57-31-23-51(24-32-57)49-15-7-5-8-16-49)59-35-27-53(28-36-59)71-43-55-45-74-56(46-73(55)79-71)44-72(80-74)54-29-37-60(38-30-54)78(58-33-25-52(26-34-58)50-17-9-6-10-18-50)62-40-42-66-64-20-12-14-22-68(64)76(3,4)70(66)48-62/h5-48H,1-4H3. The van der Waals surface area contributed by atoms with Gasteiger partial charge in [-0.3, -0.25) is 0 Å². The number of nitrogens with zero attached hydrogens (tertiary/aromatic N) is 2. The van der Waals surface area contributed by atoms with Crippen LogP contribution >= 0.6 is 0 Å². The van der Waals surface area contributed by atoms with E-state index < -0.39 is 0 Å². The average molecular weight is 1030 g/mol. The minimum absolute atomic E-state index is 0.124. The molecule has 2 aliphatic rings. The van der Waals surface area contributed by atoms with Gasteiger partial charge in [0.15, 0.2) is 0 Å². The molecule has 2 aliphatic carbocycles. The van der Waals surface area contributed by atoms with Gasteiger partial charge in [-0.1, -0.05) is 173 Å². The Bertz CT molecular complexity index is 4150. The van der Waals surface area contributed by atoms with Crippen molar-refractivity contribution in [2.75, 3.05) is 9.80 Å². The van der Waals surface area contributed by atoms with Crippen molar-refractivity contribution < 1.29 is 8.83 Å². The zero-order valence-corrected chi connectivity index (χ0v) is 45.1. The third-order valence-electron chi connectivity index (χ3n) is 17.1. The smallest absolute Gasteiger partial charge is 0.135 e. The van der Waals surface area contributed by atoms with Gasteiger partial charge in [0, 0.05) is 66.9 Å². The summed E-state index contributed by atoms with van der Waals surface area (Å²) in [5.41, 5.74) is 25.3. The fourth-order valence-corrected chi connectivity index (χ4v) is 12.8. The zero-order valence-electron chi connectivity index (χ0n) is 45.1. The molecule has 0 spiro atoms. The molecule has 4 nitrogen and oxygen atoms in total. The third kappa shape index (κ3) is 7.81. The van der Waals surface area contributed by atoms with Gasteiger partial charge in [0.2, 0.25) is 0 Å². The summed E-state index contributed by atoms with van der Waals surface area (Å²) in [6, 6.07) is 96.5. The minimum atomic E-state index is -0.124. The highest BCUT2D eigenvalue weighted by Crippen LogP contribution is 2.53. The Morgan fingerprint density at radius 1 is 0.250 bits per heavy atom. The normalized spacial score (nSPS) is 13.4. The maximum Gasteiger partial charge on any atom is 0.135 e. The molecule has 4 heteroatoms. The van der Waals surface area contributed by atoms with Gasteiger partial charge in [0.1, 0.15) is 22.7 Å². The van der Waals surface area contributed by atoms with Crippen LogP contribution < -0.4 is 9.80 Å². The highest BCUT2D eigenvalue weighted by atomic mass is 16.3. The van der Waals surface area contributed by atoms with Crippen molar-refractivity contribution in [2.24, 2.45) is 0 Å². The molecule has 2 aromatic heterocycles. The van der Waals surface area contributed by atoms with Crippen LogP contribution in [0.2, 0.25) is 0 Å². The van der Waals surface area contributed by atoms with E-state index in [0.717, 1.165) is 78.7 Å². The first-order valence-electron chi connectivity index (χ1n) is 27.7. The molecule has 11 aromatic carbocycles. The molecule has 13 aromatic rings. The second kappa shape index (κ2) is 18.4. The van der Waals surface area contributed by atoms with Gasteiger partial charge in [-0.25, -0.2) is 0 Å². The molecular formula is C76H56N2O2. The first-order chi connectivity index (χ1) is 39.1. The molecule has 0 fully saturated rings. The van der Waals surface area contributed by atoms with Crippen LogP contribution in [0, 0.1) is 0 Å². The molecule has 0 aliphatic heterocycles. The SMILES string of the molecule is CC1(C)c2ccccc2-c2ccc(N(c3ccc(-c4ccccc4)cc3)c3ccc(-c4cc5cc6oc(-c7ccc(N(c8ccc(-c9ccccc9)cc8)c8ccc9c(c8)C(C)(C)c8ccccc8-9)cc7)cc6cc5o4)cc3)cc21. The molecule has 0 saturated heterocycles. The summed E-state index contributed by atoms with van der Waals surface area (Å²) in [6.45, 7) is 9.36. The van der Waals surface area contributed by atoms with Crippen LogP contribution in [0.15, 0.2) is 276 Å². The predicted octanol–water partition coefficient (Wildman–Crippen LogP) is 21.4. The van der Waals surface area contributed by atoms with Gasteiger partial charge in [-0.05, 0) is 188 Å². The van der Waals surface area contributed by atoms with Crippen molar-refractivity contribution in [3.8, 4) is 67.2 Å². The second-order valence-corrected chi connectivity index (χ2v) is 22.5. The van der Waals surface area contributed by atoms with Crippen molar-refractivity contribution in [1.29, 1.82) is 0 Å². The molecule has 0 radical (unpaired) electrons. The van der Waals surface area contributed by atoms with E-state index in [9.17, 15) is 0 Å². The summed E-state index contributed by atoms with van der Waals surface area (Å²) in [4.78, 5) is 4.73. The summed E-state index contributed by atoms with van der Waals surface area (Å²) in [5, 5.41) is 1.98. The lowest BCUT2D eigenvalue weighted by molar-refractivity contribution is 0.627. The van der Waals surface area contributed by atoms with Crippen LogP contribution in [0.5, 0.6) is 0 Å². The summed E-state index contributed by atoms with van der Waals surface area (Å²) < 4.78 is 13.3. The molecule has 0 saturated carbocycles. The Morgan fingerprint density at radius 3 is 0.925 bits per heavy atom. The molecule has 2 heterocycles. The lowest BCUT2D eigenvalue weighted by Gasteiger charge is -2.28. The van der Waals surface area contributed by atoms with Gasteiger partial charge in [0.25, 0.3) is 0 Å².